The summed E-state index contributed by atoms with van der Waals surface area (Å²) in [4.78, 5) is 17.3. The van der Waals surface area contributed by atoms with E-state index in [1.54, 1.807) is 0 Å². The van der Waals surface area contributed by atoms with Gasteiger partial charge < -0.3 is 19.8 Å². The largest absolute Gasteiger partial charge is 0.490 e. The fourth-order valence-corrected chi connectivity index (χ4v) is 5.61. The van der Waals surface area contributed by atoms with Crippen LogP contribution in [0, 0.1) is 0 Å². The van der Waals surface area contributed by atoms with E-state index in [2.05, 4.69) is 90.2 Å². The van der Waals surface area contributed by atoms with Crippen molar-refractivity contribution in [3.63, 3.8) is 0 Å². The summed E-state index contributed by atoms with van der Waals surface area (Å²) in [6.07, 6.45) is 0.0811. The summed E-state index contributed by atoms with van der Waals surface area (Å²) in [6, 6.07) is 21.8. The van der Waals surface area contributed by atoms with Crippen molar-refractivity contribution in [2.45, 2.75) is 63.8 Å². The lowest BCUT2D eigenvalue weighted by Gasteiger charge is -2.43. The van der Waals surface area contributed by atoms with Gasteiger partial charge in [0.2, 0.25) is 0 Å². The maximum absolute atomic E-state index is 10.6. The molecule has 0 saturated carbocycles. The zero-order valence-corrected chi connectivity index (χ0v) is 21.7. The second-order valence-corrected chi connectivity index (χ2v) is 9.60. The van der Waals surface area contributed by atoms with Crippen LogP contribution >= 0.6 is 12.2 Å². The van der Waals surface area contributed by atoms with Gasteiger partial charge in [-0.3, -0.25) is 0 Å². The molecule has 0 spiro atoms. The molecule has 2 unspecified atom stereocenters. The number of fused-ring (bicyclic) bond motifs is 2. The van der Waals surface area contributed by atoms with Crippen molar-refractivity contribution >= 4 is 34.6 Å². The summed E-state index contributed by atoms with van der Waals surface area (Å²) in [5.74, 6) is -2.76. The number of carboxylic acid groups (broad SMARTS) is 1. The van der Waals surface area contributed by atoms with Crippen molar-refractivity contribution in [1.82, 2.24) is 9.80 Å². The third-order valence-corrected chi connectivity index (χ3v) is 7.65. The second kappa shape index (κ2) is 12.1. The molecule has 36 heavy (non-hydrogen) atoms. The van der Waals surface area contributed by atoms with E-state index in [-0.39, 0.29) is 0 Å². The van der Waals surface area contributed by atoms with Gasteiger partial charge in [0, 0.05) is 48.2 Å². The first-order valence-electron chi connectivity index (χ1n) is 12.3. The van der Waals surface area contributed by atoms with E-state index in [9.17, 15) is 13.2 Å². The molecule has 0 aromatic heterocycles. The molecule has 2 fully saturated rings. The number of anilines is 2. The van der Waals surface area contributed by atoms with E-state index in [1.807, 2.05) is 0 Å². The highest BCUT2D eigenvalue weighted by Crippen LogP contribution is 2.40. The minimum absolute atomic E-state index is 0.548. The van der Waals surface area contributed by atoms with Crippen LogP contribution in [-0.4, -0.2) is 70.3 Å². The quantitative estimate of drug-likeness (QED) is 0.464. The van der Waals surface area contributed by atoms with Gasteiger partial charge in [-0.2, -0.15) is 13.2 Å². The van der Waals surface area contributed by atoms with Gasteiger partial charge in [0.25, 0.3) is 0 Å². The Bertz CT molecular complexity index is 999. The lowest BCUT2D eigenvalue weighted by molar-refractivity contribution is -0.192. The Morgan fingerprint density at radius 2 is 1.44 bits per heavy atom. The first-order valence-corrected chi connectivity index (χ1v) is 12.7. The number of carbonyl (C=O) groups is 1. The van der Waals surface area contributed by atoms with Crippen molar-refractivity contribution in [1.29, 1.82) is 0 Å². The molecule has 2 aromatic rings. The Balaban J connectivity index is 0.000000454. The number of aliphatic carboxylic acids is 1. The third-order valence-electron chi connectivity index (χ3n) is 7.16. The molecule has 0 amide bonds. The molecule has 2 heterocycles. The van der Waals surface area contributed by atoms with Gasteiger partial charge in [0.15, 0.2) is 0 Å². The highest BCUT2D eigenvalue weighted by molar-refractivity contribution is 7.80. The molecule has 2 aliphatic heterocycles. The van der Waals surface area contributed by atoms with Gasteiger partial charge in [-0.1, -0.05) is 30.4 Å². The SMILES string of the molecule is CCN(CC)C(=S)c1ccc(N(c2ccccc2)C2CC3CCC(C2)N3C)cc1.O=C(O)C(F)(F)F. The number of nitrogens with zero attached hydrogens (tertiary/aromatic N) is 3. The standard InChI is InChI=1S/C25H33N3S.C2HF3O2/c1-4-27(5-2)25(29)19-11-13-21(14-12-19)28(20-9-7-6-8-10-20)24-17-22-15-16-23(18-24)26(22)3;3-2(4,5)1(6)7/h6-14,22-24H,4-5,15-18H2,1-3H3;(H,6,7). The smallest absolute Gasteiger partial charge is 0.475 e. The number of hydrogen-bond donors (Lipinski definition) is 1. The topological polar surface area (TPSA) is 47.0 Å². The zero-order chi connectivity index (χ0) is 26.5. The molecule has 2 aromatic carbocycles. The van der Waals surface area contributed by atoms with E-state index in [4.69, 9.17) is 22.1 Å². The molecule has 4 rings (SSSR count). The Hall–Kier alpha value is -2.65. The van der Waals surface area contributed by atoms with Crippen LogP contribution in [0.4, 0.5) is 24.5 Å². The summed E-state index contributed by atoms with van der Waals surface area (Å²) in [5, 5.41) is 7.12. The minimum atomic E-state index is -5.08. The fourth-order valence-electron chi connectivity index (χ4n) is 5.21. The van der Waals surface area contributed by atoms with Gasteiger partial charge in [0.05, 0.1) is 0 Å². The zero-order valence-electron chi connectivity index (χ0n) is 20.9. The van der Waals surface area contributed by atoms with Gasteiger partial charge in [-0.25, -0.2) is 4.79 Å². The summed E-state index contributed by atoms with van der Waals surface area (Å²) >= 11 is 5.73. The molecule has 196 valence electrons. The van der Waals surface area contributed by atoms with E-state index >= 15 is 0 Å². The number of carboxylic acids is 1. The monoisotopic (exact) mass is 521 g/mol. The maximum Gasteiger partial charge on any atom is 0.490 e. The van der Waals surface area contributed by atoms with Crippen LogP contribution in [0.5, 0.6) is 0 Å². The van der Waals surface area contributed by atoms with Crippen molar-refractivity contribution in [2.75, 3.05) is 25.0 Å². The molecule has 9 heteroatoms. The van der Waals surface area contributed by atoms with Crippen molar-refractivity contribution in [2.24, 2.45) is 0 Å². The van der Waals surface area contributed by atoms with Crippen LogP contribution in [-0.2, 0) is 4.79 Å². The van der Waals surface area contributed by atoms with E-state index in [1.165, 1.54) is 37.1 Å². The van der Waals surface area contributed by atoms with E-state index in [0.29, 0.717) is 6.04 Å². The van der Waals surface area contributed by atoms with Crippen LogP contribution in [0.25, 0.3) is 0 Å². The van der Waals surface area contributed by atoms with Gasteiger partial charge >= 0.3 is 12.1 Å². The van der Waals surface area contributed by atoms with Crippen LogP contribution in [0.15, 0.2) is 54.6 Å². The van der Waals surface area contributed by atoms with E-state index in [0.717, 1.165) is 35.7 Å². The second-order valence-electron chi connectivity index (χ2n) is 9.21. The highest BCUT2D eigenvalue weighted by Gasteiger charge is 2.41. The first kappa shape index (κ1) is 27.9. The minimum Gasteiger partial charge on any atom is -0.475 e. The first-order chi connectivity index (χ1) is 17.1. The molecule has 5 nitrogen and oxygen atoms in total. The fraction of sp³-hybridized carbons (Fsp3) is 0.481. The van der Waals surface area contributed by atoms with Crippen molar-refractivity contribution < 1.29 is 23.1 Å². The molecule has 2 atom stereocenters. The highest BCUT2D eigenvalue weighted by atomic mass is 32.1. The predicted octanol–water partition coefficient (Wildman–Crippen LogP) is 6.10. The number of para-hydroxylation sites is 1. The number of alkyl halides is 3. The molecule has 0 radical (unpaired) electrons. The molecule has 2 bridgehead atoms. The summed E-state index contributed by atoms with van der Waals surface area (Å²) < 4.78 is 31.7. The Morgan fingerprint density at radius 1 is 0.972 bits per heavy atom. The van der Waals surface area contributed by atoms with Crippen LogP contribution in [0.3, 0.4) is 0 Å². The molecule has 1 N–H and O–H groups in total. The van der Waals surface area contributed by atoms with Gasteiger partial charge in [-0.05, 0) is 83.0 Å². The number of hydrogen-bond acceptors (Lipinski definition) is 4. The number of benzene rings is 2. The van der Waals surface area contributed by atoms with Crippen LogP contribution < -0.4 is 4.90 Å². The molecule has 2 aliphatic rings. The van der Waals surface area contributed by atoms with Gasteiger partial charge in [-0.15, -0.1) is 0 Å². The number of halogens is 3. The lowest BCUT2D eigenvalue weighted by Crippen LogP contribution is -2.47. The summed E-state index contributed by atoms with van der Waals surface area (Å²) in [6.45, 7) is 6.22. The van der Waals surface area contributed by atoms with Crippen LogP contribution in [0.2, 0.25) is 0 Å². The maximum atomic E-state index is 10.6. The van der Waals surface area contributed by atoms with Crippen LogP contribution in [0.1, 0.15) is 45.1 Å². The number of piperidine rings is 1. The van der Waals surface area contributed by atoms with E-state index < -0.39 is 12.1 Å². The normalized spacial score (nSPS) is 21.3. The lowest BCUT2D eigenvalue weighted by atomic mass is 9.95. The Morgan fingerprint density at radius 3 is 1.89 bits per heavy atom. The average molecular weight is 522 g/mol. The summed E-state index contributed by atoms with van der Waals surface area (Å²) in [5.41, 5.74) is 3.71. The molecular formula is C27H34F3N3O2S. The summed E-state index contributed by atoms with van der Waals surface area (Å²) in [7, 11) is 2.31. The Kier molecular flexibility index (Phi) is 9.35. The van der Waals surface area contributed by atoms with Crippen molar-refractivity contribution in [3.8, 4) is 0 Å². The molecular weight excluding hydrogens is 487 g/mol. The van der Waals surface area contributed by atoms with Crippen molar-refractivity contribution in [3.05, 3.63) is 60.2 Å². The number of rotatable bonds is 6. The van der Waals surface area contributed by atoms with Gasteiger partial charge in [0.1, 0.15) is 4.99 Å². The predicted molar refractivity (Wildman–Crippen MR) is 141 cm³/mol. The average Bonchev–Trinajstić information content (AvgIpc) is 3.05. The Labute approximate surface area is 216 Å². The third kappa shape index (κ3) is 6.56. The molecule has 0 aliphatic carbocycles. The molecule has 2 saturated heterocycles. The number of thiocarbonyl (C=S) groups is 1.